The average Bonchev–Trinajstić information content (AvgIpc) is 3.06. The van der Waals surface area contributed by atoms with Crippen molar-refractivity contribution in [3.63, 3.8) is 0 Å². The van der Waals surface area contributed by atoms with Crippen molar-refractivity contribution >= 4 is 23.5 Å². The zero-order valence-electron chi connectivity index (χ0n) is 11.0. The molecule has 1 heterocycles. The van der Waals surface area contributed by atoms with E-state index in [1.165, 1.54) is 22.9 Å². The molecule has 2 unspecified atom stereocenters. The number of Topliss-reactive ketones (excluding diaryl/α,β-unsaturated/α-hetero) is 1. The molecule has 1 aliphatic carbocycles. The molecule has 1 aromatic carbocycles. The summed E-state index contributed by atoms with van der Waals surface area (Å²) in [5.41, 5.74) is 2.60. The largest absolute Gasteiger partial charge is 0.480 e. The van der Waals surface area contributed by atoms with E-state index >= 15 is 0 Å². The molecule has 0 amide bonds. The summed E-state index contributed by atoms with van der Waals surface area (Å²) in [6, 6.07) is 7.51. The van der Waals surface area contributed by atoms with Gasteiger partial charge in [-0.05, 0) is 29.9 Å². The Balaban J connectivity index is 1.70. The monoisotopic (exact) mass is 291 g/mol. The molecule has 1 fully saturated rings. The quantitative estimate of drug-likeness (QED) is 0.885. The molecule has 1 aliphatic heterocycles. The highest BCUT2D eigenvalue weighted by Crippen LogP contribution is 2.37. The number of hydrogen-bond acceptors (Lipinski definition) is 4. The molecule has 4 nitrogen and oxygen atoms in total. The smallest absolute Gasteiger partial charge is 0.322 e. The number of carboxylic acids is 1. The van der Waals surface area contributed by atoms with E-state index in [1.54, 1.807) is 0 Å². The third-order valence-electron chi connectivity index (χ3n) is 4.16. The molecule has 106 valence electrons. The number of aliphatic carboxylic acids is 1. The van der Waals surface area contributed by atoms with E-state index < -0.39 is 17.3 Å². The maximum Gasteiger partial charge on any atom is 0.322 e. The highest BCUT2D eigenvalue weighted by Gasteiger charge is 2.39. The summed E-state index contributed by atoms with van der Waals surface area (Å²) in [5, 5.41) is 11.6. The summed E-state index contributed by atoms with van der Waals surface area (Å²) in [6.07, 6.45) is 2.47. The molecule has 0 spiro atoms. The van der Waals surface area contributed by atoms with Crippen molar-refractivity contribution in [2.45, 2.75) is 36.5 Å². The molecular weight excluding hydrogens is 274 g/mol. The number of aryl methyl sites for hydroxylation is 1. The Kier molecular flexibility index (Phi) is 3.81. The highest BCUT2D eigenvalue weighted by molar-refractivity contribution is 8.00. The molecule has 2 N–H and O–H groups in total. The fraction of sp³-hybridized carbons (Fsp3) is 0.467. The average molecular weight is 291 g/mol. The van der Waals surface area contributed by atoms with Gasteiger partial charge in [0.25, 0.3) is 0 Å². The molecule has 3 rings (SSSR count). The summed E-state index contributed by atoms with van der Waals surface area (Å²) >= 11 is 1.41. The van der Waals surface area contributed by atoms with Crippen molar-refractivity contribution < 1.29 is 14.7 Å². The first-order valence-electron chi connectivity index (χ1n) is 6.85. The van der Waals surface area contributed by atoms with Gasteiger partial charge in [0, 0.05) is 12.3 Å². The van der Waals surface area contributed by atoms with Gasteiger partial charge in [-0.2, -0.15) is 0 Å². The van der Waals surface area contributed by atoms with Crippen molar-refractivity contribution in [3.8, 4) is 0 Å². The normalized spacial score (nSPS) is 28.3. The highest BCUT2D eigenvalue weighted by atomic mass is 32.2. The van der Waals surface area contributed by atoms with E-state index in [0.717, 1.165) is 12.8 Å². The second-order valence-corrected chi connectivity index (χ2v) is 6.49. The maximum absolute atomic E-state index is 12.4. The summed E-state index contributed by atoms with van der Waals surface area (Å²) in [5.74, 6) is -0.0714. The third kappa shape index (κ3) is 2.47. The minimum atomic E-state index is -0.930. The SMILES string of the molecule is O=C(CC1CCc2ccccc21)C1SCN[C@H]1C(=O)O. The van der Waals surface area contributed by atoms with Gasteiger partial charge in [0.2, 0.25) is 0 Å². The molecule has 0 saturated carbocycles. The topological polar surface area (TPSA) is 66.4 Å². The van der Waals surface area contributed by atoms with Gasteiger partial charge < -0.3 is 5.11 Å². The van der Waals surface area contributed by atoms with Gasteiger partial charge in [-0.1, -0.05) is 24.3 Å². The van der Waals surface area contributed by atoms with Gasteiger partial charge in [-0.25, -0.2) is 0 Å². The molecule has 1 aromatic rings. The van der Waals surface area contributed by atoms with Crippen LogP contribution in [0.3, 0.4) is 0 Å². The zero-order chi connectivity index (χ0) is 14.1. The molecular formula is C15H17NO3S. The number of carbonyl (C=O) groups excluding carboxylic acids is 1. The number of thioether (sulfide) groups is 1. The predicted octanol–water partition coefficient (Wildman–Crippen LogP) is 1.79. The second kappa shape index (κ2) is 5.58. The van der Waals surface area contributed by atoms with Crippen molar-refractivity contribution in [2.75, 3.05) is 5.88 Å². The molecule has 3 atom stereocenters. The van der Waals surface area contributed by atoms with E-state index in [9.17, 15) is 9.59 Å². The number of hydrogen-bond donors (Lipinski definition) is 2. The van der Waals surface area contributed by atoms with Crippen molar-refractivity contribution in [1.29, 1.82) is 0 Å². The Morgan fingerprint density at radius 2 is 2.15 bits per heavy atom. The van der Waals surface area contributed by atoms with Crippen LogP contribution in [0.4, 0.5) is 0 Å². The van der Waals surface area contributed by atoms with Crippen LogP contribution >= 0.6 is 11.8 Å². The molecule has 2 aliphatic rings. The van der Waals surface area contributed by atoms with Gasteiger partial charge in [0.05, 0.1) is 5.25 Å². The van der Waals surface area contributed by atoms with Gasteiger partial charge in [0.1, 0.15) is 11.8 Å². The second-order valence-electron chi connectivity index (χ2n) is 5.36. The number of carbonyl (C=O) groups is 2. The van der Waals surface area contributed by atoms with Gasteiger partial charge in [-0.3, -0.25) is 14.9 Å². The van der Waals surface area contributed by atoms with Crippen molar-refractivity contribution in [3.05, 3.63) is 35.4 Å². The van der Waals surface area contributed by atoms with Crippen LogP contribution in [0.15, 0.2) is 24.3 Å². The van der Waals surface area contributed by atoms with E-state index in [0.29, 0.717) is 12.3 Å². The lowest BCUT2D eigenvalue weighted by Crippen LogP contribution is -2.41. The lowest BCUT2D eigenvalue weighted by Gasteiger charge is -2.16. The molecule has 1 saturated heterocycles. The molecule has 0 aromatic heterocycles. The van der Waals surface area contributed by atoms with Crippen LogP contribution in [0.1, 0.15) is 29.9 Å². The van der Waals surface area contributed by atoms with Crippen LogP contribution < -0.4 is 5.32 Å². The summed E-state index contributed by atoms with van der Waals surface area (Å²) in [7, 11) is 0. The zero-order valence-corrected chi connectivity index (χ0v) is 11.9. The first-order valence-corrected chi connectivity index (χ1v) is 7.90. The lowest BCUT2D eigenvalue weighted by molar-refractivity contribution is -0.140. The molecule has 5 heteroatoms. The number of rotatable bonds is 4. The summed E-state index contributed by atoms with van der Waals surface area (Å²) < 4.78 is 0. The third-order valence-corrected chi connectivity index (χ3v) is 5.38. The van der Waals surface area contributed by atoms with Crippen LogP contribution in [0.5, 0.6) is 0 Å². The Bertz CT molecular complexity index is 546. The minimum absolute atomic E-state index is 0.0640. The van der Waals surface area contributed by atoms with Gasteiger partial charge >= 0.3 is 5.97 Å². The Morgan fingerprint density at radius 1 is 1.35 bits per heavy atom. The standard InChI is InChI=1S/C15H17NO3S/c17-12(14-13(15(18)19)16-8-20-14)7-10-6-5-9-3-1-2-4-11(9)10/h1-4,10,13-14,16H,5-8H2,(H,18,19)/t10?,13-,14?/m1/s1. The van der Waals surface area contributed by atoms with Gasteiger partial charge in [-0.15, -0.1) is 11.8 Å². The first-order chi connectivity index (χ1) is 9.66. The van der Waals surface area contributed by atoms with Crippen LogP contribution in [0, 0.1) is 0 Å². The number of nitrogens with one attached hydrogen (secondary N) is 1. The van der Waals surface area contributed by atoms with Crippen LogP contribution in [-0.4, -0.2) is 34.0 Å². The number of ketones is 1. The molecule has 0 bridgehead atoms. The van der Waals surface area contributed by atoms with Crippen LogP contribution in [0.25, 0.3) is 0 Å². The predicted molar refractivity (Wildman–Crippen MR) is 77.9 cm³/mol. The Labute approximate surface area is 121 Å². The number of benzene rings is 1. The van der Waals surface area contributed by atoms with E-state index in [-0.39, 0.29) is 11.7 Å². The van der Waals surface area contributed by atoms with Crippen molar-refractivity contribution in [2.24, 2.45) is 0 Å². The maximum atomic E-state index is 12.4. The van der Waals surface area contributed by atoms with Gasteiger partial charge in [0.15, 0.2) is 0 Å². The van der Waals surface area contributed by atoms with E-state index in [2.05, 4.69) is 17.4 Å². The van der Waals surface area contributed by atoms with E-state index in [4.69, 9.17) is 5.11 Å². The van der Waals surface area contributed by atoms with Crippen LogP contribution in [-0.2, 0) is 16.0 Å². The lowest BCUT2D eigenvalue weighted by atomic mass is 9.93. The first kappa shape index (κ1) is 13.6. The Morgan fingerprint density at radius 3 is 2.95 bits per heavy atom. The minimum Gasteiger partial charge on any atom is -0.480 e. The number of carboxylic acid groups (broad SMARTS) is 1. The fourth-order valence-electron chi connectivity index (χ4n) is 3.14. The number of fused-ring (bicyclic) bond motifs is 1. The fourth-order valence-corrected chi connectivity index (χ4v) is 4.29. The summed E-state index contributed by atoms with van der Waals surface area (Å²) in [6.45, 7) is 0. The van der Waals surface area contributed by atoms with Crippen LogP contribution in [0.2, 0.25) is 0 Å². The van der Waals surface area contributed by atoms with Crippen molar-refractivity contribution in [1.82, 2.24) is 5.32 Å². The Hall–Kier alpha value is -1.33. The molecule has 20 heavy (non-hydrogen) atoms. The summed E-state index contributed by atoms with van der Waals surface area (Å²) in [4.78, 5) is 23.5. The molecule has 0 radical (unpaired) electrons. The van der Waals surface area contributed by atoms with E-state index in [1.807, 2.05) is 12.1 Å².